The molecule has 0 radical (unpaired) electrons. The fraction of sp³-hybridized carbons (Fsp3) is 0. The van der Waals surface area contributed by atoms with Crippen molar-refractivity contribution < 1.29 is 19.7 Å². The van der Waals surface area contributed by atoms with Gasteiger partial charge in [-0.15, -0.1) is 0 Å². The summed E-state index contributed by atoms with van der Waals surface area (Å²) in [6.45, 7) is 0. The van der Waals surface area contributed by atoms with E-state index in [2.05, 4.69) is 0 Å². The molecule has 0 saturated carbocycles. The Morgan fingerprint density at radius 3 is 2.38 bits per heavy atom. The van der Waals surface area contributed by atoms with E-state index in [9.17, 15) is 4.79 Å². The fourth-order valence-electron chi connectivity index (χ4n) is 0.673. The molecule has 68 valence electrons. The number of hydrogen-bond acceptors (Lipinski definition) is 3. The molecule has 1 aromatic carbocycles. The van der Waals surface area contributed by atoms with Gasteiger partial charge in [-0.2, -0.15) is 0 Å². The van der Waals surface area contributed by atoms with Gasteiger partial charge in [-0.05, 0) is 12.1 Å². The van der Waals surface area contributed by atoms with Gasteiger partial charge in [-0.25, -0.2) is 4.79 Å². The minimum Gasteiger partial charge on any atom is -0.500 e. The first-order valence-corrected chi connectivity index (χ1v) is 3.54. The van der Waals surface area contributed by atoms with Crippen LogP contribution in [0.3, 0.4) is 0 Å². The predicted octanol–water partition coefficient (Wildman–Crippen LogP) is 1.55. The van der Waals surface area contributed by atoms with Gasteiger partial charge in [0.05, 0.1) is 0 Å². The van der Waals surface area contributed by atoms with Crippen LogP contribution in [-0.4, -0.2) is 16.2 Å². The van der Waals surface area contributed by atoms with Crippen molar-refractivity contribution in [2.24, 2.45) is 0 Å². The van der Waals surface area contributed by atoms with Gasteiger partial charge >= 0.3 is 5.97 Å². The molecule has 0 amide bonds. The second kappa shape index (κ2) is 4.15. The zero-order chi connectivity index (χ0) is 9.68. The minimum absolute atomic E-state index is 0.468. The molecular weight excluding hydrogens is 172 g/mol. The Hall–Kier alpha value is -1.97. The van der Waals surface area contributed by atoms with E-state index >= 15 is 0 Å². The van der Waals surface area contributed by atoms with E-state index < -0.39 is 11.7 Å². The maximum Gasteiger partial charge on any atom is 0.374 e. The normalized spacial score (nSPS) is 10.9. The summed E-state index contributed by atoms with van der Waals surface area (Å²) in [6, 6.07) is 8.56. The average Bonchev–Trinajstić information content (AvgIpc) is 2.15. The highest BCUT2D eigenvalue weighted by Gasteiger charge is 2.02. The summed E-state index contributed by atoms with van der Waals surface area (Å²) in [4.78, 5) is 10.1. The highest BCUT2D eigenvalue weighted by atomic mass is 16.5. The van der Waals surface area contributed by atoms with Crippen LogP contribution in [0, 0.1) is 0 Å². The second-order valence-electron chi connectivity index (χ2n) is 2.24. The third kappa shape index (κ3) is 2.86. The smallest absolute Gasteiger partial charge is 0.374 e. The molecule has 0 atom stereocenters. The van der Waals surface area contributed by atoms with Gasteiger partial charge in [0.1, 0.15) is 12.0 Å². The van der Waals surface area contributed by atoms with E-state index in [0.29, 0.717) is 5.75 Å². The standard InChI is InChI=1S/C9H8O4/c10-8(9(11)12)6-13-7-4-2-1-3-5-7/h1-6,10H,(H,11,12)/b8-6-. The molecule has 0 aliphatic heterocycles. The van der Waals surface area contributed by atoms with Gasteiger partial charge in [-0.3, -0.25) is 0 Å². The summed E-state index contributed by atoms with van der Waals surface area (Å²) in [5, 5.41) is 17.0. The largest absolute Gasteiger partial charge is 0.500 e. The zero-order valence-electron chi connectivity index (χ0n) is 6.68. The highest BCUT2D eigenvalue weighted by Crippen LogP contribution is 2.08. The lowest BCUT2D eigenvalue weighted by Gasteiger charge is -1.98. The van der Waals surface area contributed by atoms with Crippen LogP contribution >= 0.6 is 0 Å². The van der Waals surface area contributed by atoms with Gasteiger partial charge in [0.25, 0.3) is 0 Å². The van der Waals surface area contributed by atoms with Gasteiger partial charge in [0.2, 0.25) is 5.76 Å². The second-order valence-corrected chi connectivity index (χ2v) is 2.24. The Labute approximate surface area is 74.7 Å². The molecule has 0 unspecified atom stereocenters. The van der Waals surface area contributed by atoms with E-state index in [4.69, 9.17) is 14.9 Å². The zero-order valence-corrected chi connectivity index (χ0v) is 6.68. The highest BCUT2D eigenvalue weighted by molar-refractivity contribution is 5.83. The molecule has 0 bridgehead atoms. The lowest BCUT2D eigenvalue weighted by Crippen LogP contribution is -2.00. The predicted molar refractivity (Wildman–Crippen MR) is 45.4 cm³/mol. The van der Waals surface area contributed by atoms with Crippen LogP contribution in [0.15, 0.2) is 42.4 Å². The number of carboxylic acid groups (broad SMARTS) is 1. The average molecular weight is 180 g/mol. The first-order chi connectivity index (χ1) is 6.20. The summed E-state index contributed by atoms with van der Waals surface area (Å²) < 4.78 is 4.84. The lowest BCUT2D eigenvalue weighted by molar-refractivity contribution is -0.135. The van der Waals surface area contributed by atoms with Crippen molar-refractivity contribution in [2.45, 2.75) is 0 Å². The van der Waals surface area contributed by atoms with Crippen molar-refractivity contribution >= 4 is 5.97 Å². The third-order valence-electron chi connectivity index (χ3n) is 1.27. The Morgan fingerprint density at radius 2 is 1.85 bits per heavy atom. The number of carboxylic acids is 1. The van der Waals surface area contributed by atoms with E-state index in [-0.39, 0.29) is 0 Å². The number of carbonyl (C=O) groups is 1. The molecule has 4 nitrogen and oxygen atoms in total. The molecular formula is C9H8O4. The molecule has 0 spiro atoms. The molecule has 1 rings (SSSR count). The number of para-hydroxylation sites is 1. The number of aliphatic hydroxyl groups is 1. The third-order valence-corrected chi connectivity index (χ3v) is 1.27. The Balaban J connectivity index is 2.62. The van der Waals surface area contributed by atoms with Crippen LogP contribution in [-0.2, 0) is 4.79 Å². The summed E-state index contributed by atoms with van der Waals surface area (Å²) in [6.07, 6.45) is 0.775. The molecule has 0 aromatic heterocycles. The van der Waals surface area contributed by atoms with Gasteiger partial charge in [0, 0.05) is 0 Å². The maximum atomic E-state index is 10.1. The number of rotatable bonds is 3. The lowest BCUT2D eigenvalue weighted by atomic mass is 10.3. The molecule has 4 heteroatoms. The van der Waals surface area contributed by atoms with Crippen LogP contribution in [0.5, 0.6) is 5.75 Å². The quantitative estimate of drug-likeness (QED) is 0.547. The summed E-state index contributed by atoms with van der Waals surface area (Å²) in [5.74, 6) is -1.78. The van der Waals surface area contributed by atoms with Crippen LogP contribution < -0.4 is 4.74 Å². The topological polar surface area (TPSA) is 66.8 Å². The SMILES string of the molecule is O=C(O)/C(O)=C/Oc1ccccc1. The first-order valence-electron chi connectivity index (χ1n) is 3.54. The maximum absolute atomic E-state index is 10.1. The summed E-state index contributed by atoms with van der Waals surface area (Å²) >= 11 is 0. The van der Waals surface area contributed by atoms with E-state index in [1.807, 2.05) is 0 Å². The number of aliphatic carboxylic acids is 1. The van der Waals surface area contributed by atoms with Crippen LogP contribution in [0.4, 0.5) is 0 Å². The molecule has 0 aliphatic carbocycles. The van der Waals surface area contributed by atoms with Crippen LogP contribution in [0.25, 0.3) is 0 Å². The summed E-state index contributed by atoms with van der Waals surface area (Å²) in [7, 11) is 0. The number of ether oxygens (including phenoxy) is 1. The van der Waals surface area contributed by atoms with Gasteiger partial charge < -0.3 is 14.9 Å². The van der Waals surface area contributed by atoms with Crippen LogP contribution in [0.1, 0.15) is 0 Å². The Morgan fingerprint density at radius 1 is 1.23 bits per heavy atom. The Bertz CT molecular complexity index is 316. The summed E-state index contributed by atoms with van der Waals surface area (Å²) in [5.41, 5.74) is 0. The van der Waals surface area contributed by atoms with Crippen molar-refractivity contribution in [1.82, 2.24) is 0 Å². The van der Waals surface area contributed by atoms with Crippen molar-refractivity contribution in [3.63, 3.8) is 0 Å². The van der Waals surface area contributed by atoms with Crippen molar-refractivity contribution in [3.8, 4) is 5.75 Å². The van der Waals surface area contributed by atoms with E-state index in [0.717, 1.165) is 6.26 Å². The van der Waals surface area contributed by atoms with Crippen molar-refractivity contribution in [3.05, 3.63) is 42.4 Å². The molecule has 0 saturated heterocycles. The molecule has 13 heavy (non-hydrogen) atoms. The number of benzene rings is 1. The fourth-order valence-corrected chi connectivity index (χ4v) is 0.673. The first kappa shape index (κ1) is 9.12. The molecule has 0 fully saturated rings. The molecule has 1 aromatic rings. The van der Waals surface area contributed by atoms with Crippen molar-refractivity contribution in [2.75, 3.05) is 0 Å². The molecule has 0 aliphatic rings. The van der Waals surface area contributed by atoms with E-state index in [1.165, 1.54) is 0 Å². The van der Waals surface area contributed by atoms with Gasteiger partial charge in [-0.1, -0.05) is 18.2 Å². The van der Waals surface area contributed by atoms with E-state index in [1.54, 1.807) is 30.3 Å². The molecule has 2 N–H and O–H groups in total. The van der Waals surface area contributed by atoms with Gasteiger partial charge in [0.15, 0.2) is 0 Å². The van der Waals surface area contributed by atoms with Crippen LogP contribution in [0.2, 0.25) is 0 Å². The number of hydrogen-bond donors (Lipinski definition) is 2. The Kier molecular flexibility index (Phi) is 2.92. The van der Waals surface area contributed by atoms with Crippen molar-refractivity contribution in [1.29, 1.82) is 0 Å². The minimum atomic E-state index is -1.42. The molecule has 0 heterocycles. The monoisotopic (exact) mass is 180 g/mol. The number of aliphatic hydroxyl groups excluding tert-OH is 1.